The zero-order valence-electron chi connectivity index (χ0n) is 18.2. The molecule has 0 saturated heterocycles. The highest BCUT2D eigenvalue weighted by molar-refractivity contribution is 8.00. The van der Waals surface area contributed by atoms with Crippen LogP contribution in [0.1, 0.15) is 15.9 Å². The normalized spacial score (nSPS) is 11.0. The fourth-order valence-corrected chi connectivity index (χ4v) is 4.22. The summed E-state index contributed by atoms with van der Waals surface area (Å²) in [5, 5.41) is 14.5. The molecule has 5 aromatic rings. The van der Waals surface area contributed by atoms with Crippen molar-refractivity contribution in [2.24, 2.45) is 0 Å². The SMILES string of the molecule is Cc1ccc(NC(=O)c2ccc(NC(=O)CSc3nc4ccccc4n4cnnc34)cc2)cc1. The van der Waals surface area contributed by atoms with Crippen molar-refractivity contribution in [2.45, 2.75) is 11.9 Å². The molecule has 3 aromatic carbocycles. The number of amides is 2. The second-order valence-corrected chi connectivity index (χ2v) is 8.63. The van der Waals surface area contributed by atoms with Gasteiger partial charge in [0.05, 0.1) is 16.8 Å². The average molecular weight is 469 g/mol. The molecule has 34 heavy (non-hydrogen) atoms. The summed E-state index contributed by atoms with van der Waals surface area (Å²) in [6, 6.07) is 22.1. The van der Waals surface area contributed by atoms with Gasteiger partial charge in [-0.3, -0.25) is 14.0 Å². The van der Waals surface area contributed by atoms with Crippen molar-refractivity contribution in [1.29, 1.82) is 0 Å². The lowest BCUT2D eigenvalue weighted by atomic mass is 10.1. The molecule has 0 fully saturated rings. The molecule has 0 aliphatic heterocycles. The Labute approximate surface area is 199 Å². The fourth-order valence-electron chi connectivity index (χ4n) is 3.45. The summed E-state index contributed by atoms with van der Waals surface area (Å²) in [5.41, 5.74) is 5.28. The molecule has 0 aliphatic carbocycles. The predicted octanol–water partition coefficient (Wildman–Crippen LogP) is 4.57. The van der Waals surface area contributed by atoms with E-state index < -0.39 is 0 Å². The molecule has 0 radical (unpaired) electrons. The van der Waals surface area contributed by atoms with Crippen molar-refractivity contribution < 1.29 is 9.59 Å². The summed E-state index contributed by atoms with van der Waals surface area (Å²) in [4.78, 5) is 29.6. The largest absolute Gasteiger partial charge is 0.325 e. The first-order chi connectivity index (χ1) is 16.6. The van der Waals surface area contributed by atoms with E-state index in [4.69, 9.17) is 0 Å². The number of anilines is 2. The van der Waals surface area contributed by atoms with Gasteiger partial charge in [0.1, 0.15) is 11.4 Å². The third-order valence-electron chi connectivity index (χ3n) is 5.18. The number of thioether (sulfide) groups is 1. The van der Waals surface area contributed by atoms with E-state index in [-0.39, 0.29) is 17.6 Å². The summed E-state index contributed by atoms with van der Waals surface area (Å²) in [5.74, 6) is -0.241. The number of nitrogens with zero attached hydrogens (tertiary/aromatic N) is 4. The lowest BCUT2D eigenvalue weighted by Gasteiger charge is -2.09. The summed E-state index contributed by atoms with van der Waals surface area (Å²) >= 11 is 1.30. The van der Waals surface area contributed by atoms with Gasteiger partial charge in [-0.1, -0.05) is 41.6 Å². The number of carbonyl (C=O) groups is 2. The van der Waals surface area contributed by atoms with E-state index in [0.717, 1.165) is 22.3 Å². The van der Waals surface area contributed by atoms with Crippen LogP contribution in [0.3, 0.4) is 0 Å². The number of aryl methyl sites for hydroxylation is 1. The molecule has 0 saturated carbocycles. The Bertz CT molecular complexity index is 1500. The highest BCUT2D eigenvalue weighted by Crippen LogP contribution is 2.24. The minimum atomic E-state index is -0.211. The van der Waals surface area contributed by atoms with Gasteiger partial charge in [0, 0.05) is 16.9 Å². The summed E-state index contributed by atoms with van der Waals surface area (Å²) in [6.45, 7) is 1.99. The number of hydrogen-bond acceptors (Lipinski definition) is 6. The zero-order valence-corrected chi connectivity index (χ0v) is 19.0. The topological polar surface area (TPSA) is 101 Å². The van der Waals surface area contributed by atoms with E-state index in [1.54, 1.807) is 30.6 Å². The minimum absolute atomic E-state index is 0.156. The van der Waals surface area contributed by atoms with Crippen molar-refractivity contribution in [2.75, 3.05) is 16.4 Å². The van der Waals surface area contributed by atoms with Gasteiger partial charge in [-0.2, -0.15) is 0 Å². The molecular weight excluding hydrogens is 448 g/mol. The molecule has 9 heteroatoms. The maximum Gasteiger partial charge on any atom is 0.255 e. The third-order valence-corrected chi connectivity index (χ3v) is 6.14. The van der Waals surface area contributed by atoms with Crippen LogP contribution in [0, 0.1) is 6.92 Å². The smallest absolute Gasteiger partial charge is 0.255 e. The Morgan fingerprint density at radius 2 is 1.62 bits per heavy atom. The molecule has 2 N–H and O–H groups in total. The van der Waals surface area contributed by atoms with Crippen LogP contribution in [0.2, 0.25) is 0 Å². The number of benzene rings is 3. The first kappa shape index (κ1) is 21.6. The van der Waals surface area contributed by atoms with Crippen molar-refractivity contribution in [3.63, 3.8) is 0 Å². The fraction of sp³-hybridized carbons (Fsp3) is 0.0800. The van der Waals surface area contributed by atoms with E-state index in [1.807, 2.05) is 59.9 Å². The second kappa shape index (κ2) is 9.32. The average Bonchev–Trinajstić information content (AvgIpc) is 3.35. The molecule has 0 unspecified atom stereocenters. The van der Waals surface area contributed by atoms with Crippen molar-refractivity contribution in [3.05, 3.63) is 90.3 Å². The number of carbonyl (C=O) groups excluding carboxylic acids is 2. The quantitative estimate of drug-likeness (QED) is 0.354. The van der Waals surface area contributed by atoms with E-state index in [1.165, 1.54) is 11.8 Å². The Morgan fingerprint density at radius 3 is 2.41 bits per heavy atom. The number of rotatable bonds is 6. The second-order valence-electron chi connectivity index (χ2n) is 7.66. The lowest BCUT2D eigenvalue weighted by molar-refractivity contribution is -0.113. The number of fused-ring (bicyclic) bond motifs is 3. The Hall–Kier alpha value is -4.24. The number of nitrogens with one attached hydrogen (secondary N) is 2. The molecule has 0 spiro atoms. The van der Waals surface area contributed by atoms with Crippen LogP contribution in [-0.4, -0.2) is 37.1 Å². The van der Waals surface area contributed by atoms with Gasteiger partial charge in [0.25, 0.3) is 5.91 Å². The molecule has 8 nitrogen and oxygen atoms in total. The molecule has 0 aliphatic rings. The Balaban J connectivity index is 1.21. The monoisotopic (exact) mass is 468 g/mol. The first-order valence-electron chi connectivity index (χ1n) is 10.6. The Kier molecular flexibility index (Phi) is 5.92. The summed E-state index contributed by atoms with van der Waals surface area (Å²) < 4.78 is 1.86. The standard InChI is InChI=1S/C25H20N6O2S/c1-16-6-10-19(11-7-16)28-24(33)17-8-12-18(13-9-17)27-22(32)14-34-25-23-30-26-15-31(23)21-5-3-2-4-20(21)29-25/h2-13,15H,14H2,1H3,(H,27,32)(H,28,33). The van der Waals surface area contributed by atoms with Crippen LogP contribution in [0.15, 0.2) is 84.1 Å². The van der Waals surface area contributed by atoms with Gasteiger partial charge in [-0.15, -0.1) is 10.2 Å². The van der Waals surface area contributed by atoms with Crippen LogP contribution in [0.4, 0.5) is 11.4 Å². The molecule has 5 rings (SSSR count). The number of aromatic nitrogens is 4. The molecule has 2 heterocycles. The highest BCUT2D eigenvalue weighted by Gasteiger charge is 2.13. The molecule has 2 amide bonds. The van der Waals surface area contributed by atoms with E-state index >= 15 is 0 Å². The summed E-state index contributed by atoms with van der Waals surface area (Å²) in [7, 11) is 0. The molecule has 0 bridgehead atoms. The van der Waals surface area contributed by atoms with Gasteiger partial charge in [0.15, 0.2) is 5.65 Å². The van der Waals surface area contributed by atoms with Crippen LogP contribution in [0.25, 0.3) is 16.7 Å². The van der Waals surface area contributed by atoms with Crippen LogP contribution in [0.5, 0.6) is 0 Å². The van der Waals surface area contributed by atoms with Gasteiger partial charge < -0.3 is 10.6 Å². The van der Waals surface area contributed by atoms with Gasteiger partial charge in [-0.25, -0.2) is 4.98 Å². The molecule has 168 valence electrons. The molecule has 2 aromatic heterocycles. The summed E-state index contributed by atoms with van der Waals surface area (Å²) in [6.07, 6.45) is 1.64. The van der Waals surface area contributed by atoms with Crippen LogP contribution >= 0.6 is 11.8 Å². The Morgan fingerprint density at radius 1 is 0.912 bits per heavy atom. The number of para-hydroxylation sites is 2. The van der Waals surface area contributed by atoms with Crippen LogP contribution in [-0.2, 0) is 4.79 Å². The highest BCUT2D eigenvalue weighted by atomic mass is 32.2. The van der Waals surface area contributed by atoms with E-state index in [9.17, 15) is 9.59 Å². The van der Waals surface area contributed by atoms with Gasteiger partial charge in [-0.05, 0) is 55.5 Å². The zero-order chi connectivity index (χ0) is 23.5. The van der Waals surface area contributed by atoms with Crippen LogP contribution < -0.4 is 10.6 Å². The van der Waals surface area contributed by atoms with E-state index in [0.29, 0.717) is 21.9 Å². The van der Waals surface area contributed by atoms with Gasteiger partial charge >= 0.3 is 0 Å². The lowest BCUT2D eigenvalue weighted by Crippen LogP contribution is -2.15. The minimum Gasteiger partial charge on any atom is -0.325 e. The van der Waals surface area contributed by atoms with Crippen molar-refractivity contribution >= 4 is 51.6 Å². The first-order valence-corrected chi connectivity index (χ1v) is 11.5. The van der Waals surface area contributed by atoms with Crippen molar-refractivity contribution in [3.8, 4) is 0 Å². The third kappa shape index (κ3) is 4.60. The molecule has 0 atom stereocenters. The maximum absolute atomic E-state index is 12.5. The predicted molar refractivity (Wildman–Crippen MR) is 133 cm³/mol. The van der Waals surface area contributed by atoms with Gasteiger partial charge in [0.2, 0.25) is 5.91 Å². The number of hydrogen-bond donors (Lipinski definition) is 2. The van der Waals surface area contributed by atoms with Crippen molar-refractivity contribution in [1.82, 2.24) is 19.6 Å². The van der Waals surface area contributed by atoms with E-state index in [2.05, 4.69) is 25.8 Å². The molecular formula is C25H20N6O2S. The maximum atomic E-state index is 12.5.